The van der Waals surface area contributed by atoms with Crippen LogP contribution in [0.2, 0.25) is 5.02 Å². The standard InChI is InChI=1S/C22H20ClN3O2/c1-14-16(22(27)26-12-15(23)6-7-21(26)24-14)8-10-25-11-9-20-18(13-25)17-4-2-3-5-19(17)28-20/h2-7,12H,8-11,13H2,1H3. The van der Waals surface area contributed by atoms with Crippen molar-refractivity contribution in [2.45, 2.75) is 26.3 Å². The number of fused-ring (bicyclic) bond motifs is 4. The summed E-state index contributed by atoms with van der Waals surface area (Å²) in [5.74, 6) is 1.09. The van der Waals surface area contributed by atoms with Crippen LogP contribution in [0.4, 0.5) is 0 Å². The minimum absolute atomic E-state index is 0.0311. The Hall–Kier alpha value is -2.63. The summed E-state index contributed by atoms with van der Waals surface area (Å²) >= 11 is 6.06. The molecule has 5 rings (SSSR count). The fourth-order valence-corrected chi connectivity index (χ4v) is 4.26. The number of furan rings is 1. The van der Waals surface area contributed by atoms with Gasteiger partial charge in [0.1, 0.15) is 17.0 Å². The second-order valence-corrected chi connectivity index (χ2v) is 7.77. The number of hydrogen-bond donors (Lipinski definition) is 0. The van der Waals surface area contributed by atoms with Crippen LogP contribution < -0.4 is 5.56 Å². The van der Waals surface area contributed by atoms with Gasteiger partial charge in [-0.25, -0.2) is 4.98 Å². The van der Waals surface area contributed by atoms with Crippen molar-refractivity contribution in [2.75, 3.05) is 13.1 Å². The summed E-state index contributed by atoms with van der Waals surface area (Å²) in [5.41, 5.74) is 4.37. The van der Waals surface area contributed by atoms with E-state index in [1.54, 1.807) is 22.7 Å². The molecule has 5 nitrogen and oxygen atoms in total. The molecule has 4 heterocycles. The lowest BCUT2D eigenvalue weighted by Crippen LogP contribution is -2.33. The quantitative estimate of drug-likeness (QED) is 0.528. The highest BCUT2D eigenvalue weighted by Gasteiger charge is 2.22. The lowest BCUT2D eigenvalue weighted by molar-refractivity contribution is 0.246. The average Bonchev–Trinajstić information content (AvgIpc) is 3.06. The third-order valence-corrected chi connectivity index (χ3v) is 5.81. The molecule has 4 aromatic rings. The summed E-state index contributed by atoms with van der Waals surface area (Å²) in [6.45, 7) is 4.49. The third kappa shape index (κ3) is 2.91. The molecular formula is C22H20ClN3O2. The number of para-hydroxylation sites is 1. The summed E-state index contributed by atoms with van der Waals surface area (Å²) in [4.78, 5) is 19.9. The Balaban J connectivity index is 1.40. The molecule has 0 aliphatic carbocycles. The summed E-state index contributed by atoms with van der Waals surface area (Å²) in [5, 5.41) is 1.72. The number of aryl methyl sites for hydroxylation is 1. The zero-order valence-corrected chi connectivity index (χ0v) is 16.4. The molecule has 0 saturated heterocycles. The molecule has 0 unspecified atom stereocenters. The van der Waals surface area contributed by atoms with Gasteiger partial charge in [0.25, 0.3) is 5.56 Å². The van der Waals surface area contributed by atoms with Crippen LogP contribution in [-0.4, -0.2) is 27.4 Å². The lowest BCUT2D eigenvalue weighted by atomic mass is 10.0. The van der Waals surface area contributed by atoms with Gasteiger partial charge in [0.2, 0.25) is 0 Å². The zero-order valence-electron chi connectivity index (χ0n) is 15.6. The molecule has 0 amide bonds. The smallest absolute Gasteiger partial charge is 0.261 e. The molecule has 6 heteroatoms. The van der Waals surface area contributed by atoms with E-state index in [9.17, 15) is 4.79 Å². The Morgan fingerprint density at radius 3 is 2.96 bits per heavy atom. The van der Waals surface area contributed by atoms with Gasteiger partial charge in [-0.05, 0) is 31.5 Å². The molecule has 0 radical (unpaired) electrons. The van der Waals surface area contributed by atoms with E-state index in [4.69, 9.17) is 16.0 Å². The zero-order chi connectivity index (χ0) is 19.3. The maximum atomic E-state index is 12.9. The van der Waals surface area contributed by atoms with Crippen LogP contribution in [0.15, 0.2) is 51.8 Å². The molecule has 0 bridgehead atoms. The van der Waals surface area contributed by atoms with Crippen molar-refractivity contribution in [3.63, 3.8) is 0 Å². The fraction of sp³-hybridized carbons (Fsp3) is 0.273. The Kier molecular flexibility index (Phi) is 4.22. The largest absolute Gasteiger partial charge is 0.461 e. The van der Waals surface area contributed by atoms with Crippen molar-refractivity contribution in [2.24, 2.45) is 0 Å². The van der Waals surface area contributed by atoms with E-state index in [0.717, 1.165) is 48.7 Å². The van der Waals surface area contributed by atoms with Gasteiger partial charge in [-0.15, -0.1) is 0 Å². The van der Waals surface area contributed by atoms with E-state index in [1.807, 2.05) is 25.1 Å². The number of rotatable bonds is 3. The van der Waals surface area contributed by atoms with Gasteiger partial charge in [-0.1, -0.05) is 29.8 Å². The van der Waals surface area contributed by atoms with Gasteiger partial charge >= 0.3 is 0 Å². The lowest BCUT2D eigenvalue weighted by Gasteiger charge is -2.26. The highest BCUT2D eigenvalue weighted by Crippen LogP contribution is 2.30. The first-order valence-electron chi connectivity index (χ1n) is 9.49. The topological polar surface area (TPSA) is 50.8 Å². The average molecular weight is 394 g/mol. The highest BCUT2D eigenvalue weighted by atomic mass is 35.5. The maximum Gasteiger partial charge on any atom is 0.261 e. The molecular weight excluding hydrogens is 374 g/mol. The van der Waals surface area contributed by atoms with Gasteiger partial charge < -0.3 is 4.42 Å². The Labute approximate surface area is 167 Å². The van der Waals surface area contributed by atoms with Gasteiger partial charge in [0, 0.05) is 54.5 Å². The Morgan fingerprint density at radius 2 is 2.07 bits per heavy atom. The van der Waals surface area contributed by atoms with Crippen molar-refractivity contribution in [1.82, 2.24) is 14.3 Å². The van der Waals surface area contributed by atoms with Crippen molar-refractivity contribution < 1.29 is 4.42 Å². The molecule has 0 fully saturated rings. The van der Waals surface area contributed by atoms with Crippen molar-refractivity contribution >= 4 is 28.2 Å². The molecule has 1 aromatic carbocycles. The van der Waals surface area contributed by atoms with Gasteiger partial charge in [-0.2, -0.15) is 0 Å². The summed E-state index contributed by atoms with van der Waals surface area (Å²) in [6, 6.07) is 11.7. The number of pyridine rings is 1. The summed E-state index contributed by atoms with van der Waals surface area (Å²) in [7, 11) is 0. The van der Waals surface area contributed by atoms with Crippen molar-refractivity contribution in [1.29, 1.82) is 0 Å². The number of hydrogen-bond acceptors (Lipinski definition) is 4. The number of aromatic nitrogens is 2. The molecule has 0 N–H and O–H groups in total. The predicted octanol–water partition coefficient (Wildman–Crippen LogP) is 4.00. The first kappa shape index (κ1) is 17.5. The fourth-order valence-electron chi connectivity index (χ4n) is 4.10. The van der Waals surface area contributed by atoms with Crippen LogP contribution in [0.5, 0.6) is 0 Å². The van der Waals surface area contributed by atoms with E-state index in [0.29, 0.717) is 17.1 Å². The molecule has 0 saturated carbocycles. The SMILES string of the molecule is Cc1nc2ccc(Cl)cn2c(=O)c1CCN1CCc2oc3ccccc3c2C1. The Morgan fingerprint density at radius 1 is 1.21 bits per heavy atom. The van der Waals surface area contributed by atoms with Gasteiger partial charge in [0.05, 0.1) is 5.02 Å². The normalized spacial score (nSPS) is 14.6. The van der Waals surface area contributed by atoms with Gasteiger partial charge in [0.15, 0.2) is 0 Å². The highest BCUT2D eigenvalue weighted by molar-refractivity contribution is 6.30. The van der Waals surface area contributed by atoms with Crippen LogP contribution in [0.3, 0.4) is 0 Å². The molecule has 0 atom stereocenters. The van der Waals surface area contributed by atoms with E-state index in [2.05, 4.69) is 16.0 Å². The van der Waals surface area contributed by atoms with E-state index in [1.165, 1.54) is 10.9 Å². The monoisotopic (exact) mass is 393 g/mol. The van der Waals surface area contributed by atoms with Crippen molar-refractivity contribution in [3.05, 3.63) is 80.6 Å². The first-order chi connectivity index (χ1) is 13.6. The molecule has 3 aromatic heterocycles. The summed E-state index contributed by atoms with van der Waals surface area (Å²) < 4.78 is 7.54. The van der Waals surface area contributed by atoms with E-state index in [-0.39, 0.29) is 5.56 Å². The number of benzene rings is 1. The minimum Gasteiger partial charge on any atom is -0.461 e. The second kappa shape index (κ2) is 6.76. The molecule has 142 valence electrons. The minimum atomic E-state index is -0.0311. The van der Waals surface area contributed by atoms with Crippen LogP contribution in [0, 0.1) is 6.92 Å². The summed E-state index contributed by atoms with van der Waals surface area (Å²) in [6.07, 6.45) is 3.20. The van der Waals surface area contributed by atoms with Crippen LogP contribution in [-0.2, 0) is 19.4 Å². The van der Waals surface area contributed by atoms with Crippen LogP contribution in [0.1, 0.15) is 22.6 Å². The number of halogens is 1. The number of nitrogens with zero attached hydrogens (tertiary/aromatic N) is 3. The Bertz CT molecular complexity index is 1260. The predicted molar refractivity (Wildman–Crippen MR) is 110 cm³/mol. The molecule has 28 heavy (non-hydrogen) atoms. The molecule has 1 aliphatic heterocycles. The third-order valence-electron chi connectivity index (χ3n) is 5.58. The first-order valence-corrected chi connectivity index (χ1v) is 9.87. The van der Waals surface area contributed by atoms with Crippen LogP contribution in [0.25, 0.3) is 16.6 Å². The van der Waals surface area contributed by atoms with E-state index < -0.39 is 0 Å². The molecule has 0 spiro atoms. The van der Waals surface area contributed by atoms with Crippen molar-refractivity contribution in [3.8, 4) is 0 Å². The van der Waals surface area contributed by atoms with Crippen LogP contribution >= 0.6 is 11.6 Å². The maximum absolute atomic E-state index is 12.9. The second-order valence-electron chi connectivity index (χ2n) is 7.33. The molecule has 1 aliphatic rings. The van der Waals surface area contributed by atoms with E-state index >= 15 is 0 Å². The van der Waals surface area contributed by atoms with Gasteiger partial charge in [-0.3, -0.25) is 14.1 Å².